The minimum absolute atomic E-state index is 0.0134. The molecule has 2 unspecified atom stereocenters. The van der Waals surface area contributed by atoms with Crippen LogP contribution in [-0.4, -0.2) is 23.7 Å². The fraction of sp³-hybridized carbons (Fsp3) is 0.571. The number of hydrogen-bond acceptors (Lipinski definition) is 2. The first-order chi connectivity index (χ1) is 8.29. The number of benzene rings is 1. The molecule has 0 amide bonds. The number of nitrogens with one attached hydrogen (secondary N) is 1. The number of halogens is 2. The van der Waals surface area contributed by atoms with Crippen molar-refractivity contribution in [3.05, 3.63) is 29.3 Å². The molecule has 0 aliphatic carbocycles. The lowest BCUT2D eigenvalue weighted by molar-refractivity contribution is 0.0426. The summed E-state index contributed by atoms with van der Waals surface area (Å²) in [5, 5.41) is 12.5. The van der Waals surface area contributed by atoms with E-state index in [1.807, 2.05) is 18.2 Å². The summed E-state index contributed by atoms with van der Waals surface area (Å²) in [5.74, 6) is 0. The molecule has 0 radical (unpaired) electrons. The second-order valence-electron chi connectivity index (χ2n) is 5.90. The molecule has 1 heterocycles. The molecule has 2 rings (SSSR count). The zero-order valence-corrected chi connectivity index (χ0v) is 10.9. The van der Waals surface area contributed by atoms with Crippen LogP contribution in [0.3, 0.4) is 0 Å². The van der Waals surface area contributed by atoms with Crippen molar-refractivity contribution in [2.24, 2.45) is 0 Å². The van der Waals surface area contributed by atoms with E-state index in [9.17, 15) is 13.9 Å². The van der Waals surface area contributed by atoms with Crippen molar-refractivity contribution in [1.29, 1.82) is 0 Å². The lowest BCUT2D eigenvalue weighted by Crippen LogP contribution is -2.44. The molecule has 1 aliphatic rings. The average Bonchev–Trinajstić information content (AvgIpc) is 2.25. The van der Waals surface area contributed by atoms with Crippen LogP contribution in [0.1, 0.15) is 31.9 Å². The second-order valence-corrected chi connectivity index (χ2v) is 5.90. The zero-order chi connectivity index (χ0) is 13.5. The van der Waals surface area contributed by atoms with Crippen molar-refractivity contribution in [1.82, 2.24) is 0 Å². The van der Waals surface area contributed by atoms with Crippen LogP contribution in [0.25, 0.3) is 0 Å². The van der Waals surface area contributed by atoms with E-state index in [1.54, 1.807) is 0 Å². The lowest BCUT2D eigenvalue weighted by Gasteiger charge is -2.32. The number of aliphatic hydroxyl groups is 1. The number of hydrogen-bond donors (Lipinski definition) is 2. The first-order valence-electron chi connectivity index (χ1n) is 6.15. The largest absolute Gasteiger partial charge is 0.390 e. The first-order valence-corrected chi connectivity index (χ1v) is 6.15. The molecular weight excluding hydrogens is 236 g/mol. The van der Waals surface area contributed by atoms with E-state index in [2.05, 4.69) is 26.1 Å². The molecule has 2 nitrogen and oxygen atoms in total. The van der Waals surface area contributed by atoms with Crippen LogP contribution < -0.4 is 5.32 Å². The highest BCUT2D eigenvalue weighted by Crippen LogP contribution is 2.32. The number of fused-ring (bicyclic) bond motifs is 1. The molecule has 0 aromatic heterocycles. The Morgan fingerprint density at radius 2 is 2.00 bits per heavy atom. The lowest BCUT2D eigenvalue weighted by atomic mass is 9.84. The van der Waals surface area contributed by atoms with Gasteiger partial charge in [0.15, 0.2) is 0 Å². The van der Waals surface area contributed by atoms with E-state index in [1.165, 1.54) is 0 Å². The smallest absolute Gasteiger partial charge is 0.260 e. The maximum atomic E-state index is 12.7. The van der Waals surface area contributed by atoms with Gasteiger partial charge in [0, 0.05) is 12.1 Å². The van der Waals surface area contributed by atoms with E-state index in [0.29, 0.717) is 5.69 Å². The van der Waals surface area contributed by atoms with Gasteiger partial charge in [-0.2, -0.15) is 0 Å². The molecule has 0 bridgehead atoms. The summed E-state index contributed by atoms with van der Waals surface area (Å²) in [7, 11) is 0. The highest BCUT2D eigenvalue weighted by Gasteiger charge is 2.33. The molecule has 4 heteroatoms. The second kappa shape index (κ2) is 4.50. The van der Waals surface area contributed by atoms with E-state index in [4.69, 9.17) is 0 Å². The van der Waals surface area contributed by atoms with Crippen LogP contribution in [0.15, 0.2) is 18.2 Å². The van der Waals surface area contributed by atoms with Crippen molar-refractivity contribution >= 4 is 5.69 Å². The minimum atomic E-state index is -2.56. The summed E-state index contributed by atoms with van der Waals surface area (Å²) >= 11 is 0. The Morgan fingerprint density at radius 1 is 1.33 bits per heavy atom. The quantitative estimate of drug-likeness (QED) is 0.808. The number of alkyl halides is 2. The Morgan fingerprint density at radius 3 is 2.56 bits per heavy atom. The Labute approximate surface area is 106 Å². The molecule has 100 valence electrons. The van der Waals surface area contributed by atoms with E-state index in [0.717, 1.165) is 11.1 Å². The maximum Gasteiger partial charge on any atom is 0.260 e. The fourth-order valence-corrected chi connectivity index (χ4v) is 2.23. The fourth-order valence-electron chi connectivity index (χ4n) is 2.23. The standard InChI is InChI=1S/C14H19F2NO/c1-14(2,3)9-4-5-10-8(6-9)7-11(18)12(17-10)13(15)16/h4-6,11-13,17-18H,7H2,1-3H3. The van der Waals surface area contributed by atoms with Gasteiger partial charge in [-0.1, -0.05) is 32.9 Å². The SMILES string of the molecule is CC(C)(C)c1ccc2c(c1)CC(O)C(C(F)F)N2. The van der Waals surface area contributed by atoms with Crippen molar-refractivity contribution in [3.63, 3.8) is 0 Å². The number of aliphatic hydroxyl groups excluding tert-OH is 1. The molecular formula is C14H19F2NO. The van der Waals surface area contributed by atoms with Crippen molar-refractivity contribution in [2.45, 2.75) is 51.2 Å². The number of rotatable bonds is 1. The van der Waals surface area contributed by atoms with Crippen molar-refractivity contribution in [3.8, 4) is 0 Å². The van der Waals surface area contributed by atoms with Crippen LogP contribution >= 0.6 is 0 Å². The summed E-state index contributed by atoms with van der Waals surface area (Å²) in [6.45, 7) is 6.30. The van der Waals surface area contributed by atoms with Gasteiger partial charge >= 0.3 is 0 Å². The molecule has 1 aromatic carbocycles. The van der Waals surface area contributed by atoms with E-state index < -0.39 is 18.6 Å². The molecule has 0 fully saturated rings. The highest BCUT2D eigenvalue weighted by molar-refractivity contribution is 5.57. The Bertz CT molecular complexity index is 440. The molecule has 0 saturated heterocycles. The predicted octanol–water partition coefficient (Wildman–Crippen LogP) is 2.95. The van der Waals surface area contributed by atoms with Crippen LogP contribution in [0, 0.1) is 0 Å². The molecule has 1 aliphatic heterocycles. The molecule has 1 aromatic rings. The molecule has 2 N–H and O–H groups in total. The van der Waals surface area contributed by atoms with Gasteiger partial charge in [0.2, 0.25) is 0 Å². The zero-order valence-electron chi connectivity index (χ0n) is 10.9. The topological polar surface area (TPSA) is 32.3 Å². The van der Waals surface area contributed by atoms with Crippen molar-refractivity contribution in [2.75, 3.05) is 5.32 Å². The van der Waals surface area contributed by atoms with Crippen LogP contribution in [-0.2, 0) is 11.8 Å². The summed E-state index contributed by atoms with van der Waals surface area (Å²) in [5.41, 5.74) is 2.77. The van der Waals surface area contributed by atoms with Crippen molar-refractivity contribution < 1.29 is 13.9 Å². The Hall–Kier alpha value is -1.16. The maximum absolute atomic E-state index is 12.7. The van der Waals surface area contributed by atoms with Gasteiger partial charge < -0.3 is 10.4 Å². The summed E-state index contributed by atoms with van der Waals surface area (Å²) < 4.78 is 25.4. The van der Waals surface area contributed by atoms with E-state index in [-0.39, 0.29) is 11.8 Å². The molecule has 2 atom stereocenters. The van der Waals surface area contributed by atoms with Gasteiger partial charge in [-0.15, -0.1) is 0 Å². The van der Waals surface area contributed by atoms with Gasteiger partial charge in [0.25, 0.3) is 6.43 Å². The van der Waals surface area contributed by atoms with E-state index >= 15 is 0 Å². The molecule has 18 heavy (non-hydrogen) atoms. The van der Waals surface area contributed by atoms with Gasteiger partial charge in [0.05, 0.1) is 6.10 Å². The summed E-state index contributed by atoms with van der Waals surface area (Å²) in [6, 6.07) is 4.61. The van der Waals surface area contributed by atoms with Crippen LogP contribution in [0.5, 0.6) is 0 Å². The minimum Gasteiger partial charge on any atom is -0.390 e. The summed E-state index contributed by atoms with van der Waals surface area (Å²) in [4.78, 5) is 0. The Balaban J connectivity index is 2.32. The third kappa shape index (κ3) is 2.48. The van der Waals surface area contributed by atoms with Gasteiger partial charge in [-0.25, -0.2) is 8.78 Å². The highest BCUT2D eigenvalue weighted by atomic mass is 19.3. The predicted molar refractivity (Wildman–Crippen MR) is 68.3 cm³/mol. The van der Waals surface area contributed by atoms with Gasteiger partial charge in [-0.05, 0) is 22.6 Å². The average molecular weight is 255 g/mol. The number of anilines is 1. The first kappa shape index (κ1) is 13.3. The third-order valence-corrected chi connectivity index (χ3v) is 3.41. The third-order valence-electron chi connectivity index (χ3n) is 3.41. The summed E-state index contributed by atoms with van der Waals surface area (Å²) in [6.07, 6.45) is -3.32. The van der Waals surface area contributed by atoms with Crippen LogP contribution in [0.2, 0.25) is 0 Å². The molecule has 0 spiro atoms. The molecule has 0 saturated carbocycles. The monoisotopic (exact) mass is 255 g/mol. The normalized spacial score (nSPS) is 23.7. The Kier molecular flexibility index (Phi) is 3.32. The van der Waals surface area contributed by atoms with Gasteiger partial charge in [0.1, 0.15) is 6.04 Å². The van der Waals surface area contributed by atoms with Gasteiger partial charge in [-0.3, -0.25) is 0 Å². The van der Waals surface area contributed by atoms with Crippen LogP contribution in [0.4, 0.5) is 14.5 Å².